The standard InChI is InChI=1S/C18H20ClNOS/c1-12-8-14(3)18(16(19)9-12)20-17(21)11-22-10-15-7-5-4-6-13(15)2/h4-9H,10-11H2,1-3H3,(H,20,21). The van der Waals surface area contributed by atoms with E-state index in [1.807, 2.05) is 38.1 Å². The Labute approximate surface area is 141 Å². The van der Waals surface area contributed by atoms with Crippen molar-refractivity contribution in [2.45, 2.75) is 26.5 Å². The number of carbonyl (C=O) groups excluding carboxylic acids is 1. The fourth-order valence-corrected chi connectivity index (χ4v) is 3.55. The van der Waals surface area contributed by atoms with Gasteiger partial charge >= 0.3 is 0 Å². The Morgan fingerprint density at radius 2 is 1.86 bits per heavy atom. The minimum Gasteiger partial charge on any atom is -0.324 e. The van der Waals surface area contributed by atoms with Crippen LogP contribution in [-0.4, -0.2) is 11.7 Å². The number of nitrogens with one attached hydrogen (secondary N) is 1. The summed E-state index contributed by atoms with van der Waals surface area (Å²) in [4.78, 5) is 12.1. The monoisotopic (exact) mass is 333 g/mol. The molecule has 0 radical (unpaired) electrons. The predicted octanol–water partition coefficient (Wildman–Crippen LogP) is 5.14. The quantitative estimate of drug-likeness (QED) is 0.821. The third kappa shape index (κ3) is 4.52. The fraction of sp³-hybridized carbons (Fsp3) is 0.278. The Bertz CT molecular complexity index is 662. The molecule has 2 aromatic rings. The maximum atomic E-state index is 12.1. The summed E-state index contributed by atoms with van der Waals surface area (Å²) in [7, 11) is 0. The molecule has 22 heavy (non-hydrogen) atoms. The molecule has 0 aliphatic carbocycles. The highest BCUT2D eigenvalue weighted by Crippen LogP contribution is 2.27. The van der Waals surface area contributed by atoms with Gasteiger partial charge in [-0.15, -0.1) is 11.8 Å². The highest BCUT2D eigenvalue weighted by Gasteiger charge is 2.10. The molecule has 0 bridgehead atoms. The average molecular weight is 334 g/mol. The van der Waals surface area contributed by atoms with Gasteiger partial charge in [0, 0.05) is 5.75 Å². The van der Waals surface area contributed by atoms with Crippen molar-refractivity contribution in [1.82, 2.24) is 0 Å². The van der Waals surface area contributed by atoms with E-state index in [0.29, 0.717) is 16.5 Å². The van der Waals surface area contributed by atoms with E-state index in [0.717, 1.165) is 16.9 Å². The summed E-state index contributed by atoms with van der Waals surface area (Å²) < 4.78 is 0. The number of amides is 1. The summed E-state index contributed by atoms with van der Waals surface area (Å²) in [5.41, 5.74) is 5.32. The van der Waals surface area contributed by atoms with Crippen molar-refractivity contribution < 1.29 is 4.79 Å². The number of rotatable bonds is 5. The molecule has 2 aromatic carbocycles. The third-order valence-electron chi connectivity index (χ3n) is 3.45. The highest BCUT2D eigenvalue weighted by atomic mass is 35.5. The van der Waals surface area contributed by atoms with Crippen molar-refractivity contribution in [2.75, 3.05) is 11.1 Å². The van der Waals surface area contributed by atoms with Crippen LogP contribution in [0.2, 0.25) is 5.02 Å². The van der Waals surface area contributed by atoms with Gasteiger partial charge in [0.15, 0.2) is 0 Å². The zero-order valence-corrected chi connectivity index (χ0v) is 14.6. The largest absolute Gasteiger partial charge is 0.324 e. The summed E-state index contributed by atoms with van der Waals surface area (Å²) in [5.74, 6) is 1.23. The van der Waals surface area contributed by atoms with Crippen molar-refractivity contribution in [1.29, 1.82) is 0 Å². The molecule has 0 aliphatic rings. The number of halogens is 1. The second kappa shape index (κ2) is 7.70. The zero-order valence-electron chi connectivity index (χ0n) is 13.1. The Kier molecular flexibility index (Phi) is 5.92. The number of hydrogen-bond donors (Lipinski definition) is 1. The van der Waals surface area contributed by atoms with Gasteiger partial charge in [-0.05, 0) is 49.1 Å². The zero-order chi connectivity index (χ0) is 16.1. The molecule has 0 unspecified atom stereocenters. The lowest BCUT2D eigenvalue weighted by atomic mass is 10.1. The molecule has 0 atom stereocenters. The van der Waals surface area contributed by atoms with E-state index in [-0.39, 0.29) is 5.91 Å². The van der Waals surface area contributed by atoms with Crippen molar-refractivity contribution in [3.05, 3.63) is 63.7 Å². The van der Waals surface area contributed by atoms with Crippen LogP contribution in [0.4, 0.5) is 5.69 Å². The SMILES string of the molecule is Cc1cc(C)c(NC(=O)CSCc2ccccc2C)c(Cl)c1. The van der Waals surface area contributed by atoms with E-state index in [1.54, 1.807) is 11.8 Å². The van der Waals surface area contributed by atoms with E-state index >= 15 is 0 Å². The molecule has 0 fully saturated rings. The van der Waals surface area contributed by atoms with Gasteiger partial charge in [0.25, 0.3) is 0 Å². The first-order valence-electron chi connectivity index (χ1n) is 7.16. The van der Waals surface area contributed by atoms with Crippen LogP contribution in [-0.2, 0) is 10.5 Å². The van der Waals surface area contributed by atoms with Crippen molar-refractivity contribution in [3.63, 3.8) is 0 Å². The van der Waals surface area contributed by atoms with Crippen molar-refractivity contribution in [3.8, 4) is 0 Å². The normalized spacial score (nSPS) is 10.5. The van der Waals surface area contributed by atoms with Crippen LogP contribution in [0, 0.1) is 20.8 Å². The summed E-state index contributed by atoms with van der Waals surface area (Å²) in [6.45, 7) is 6.03. The molecule has 0 saturated carbocycles. The smallest absolute Gasteiger partial charge is 0.234 e. The molecule has 2 rings (SSSR count). The molecule has 0 saturated heterocycles. The number of anilines is 1. The van der Waals surface area contributed by atoms with Crippen molar-refractivity contribution >= 4 is 35.0 Å². The molecule has 0 aromatic heterocycles. The second-order valence-corrected chi connectivity index (χ2v) is 6.80. The topological polar surface area (TPSA) is 29.1 Å². The van der Waals surface area contributed by atoms with Gasteiger partial charge in [0.1, 0.15) is 0 Å². The molecule has 4 heteroatoms. The molecule has 0 spiro atoms. The van der Waals surface area contributed by atoms with Crippen molar-refractivity contribution in [2.24, 2.45) is 0 Å². The molecule has 116 valence electrons. The minimum absolute atomic E-state index is 0.0209. The average Bonchev–Trinajstić information content (AvgIpc) is 2.45. The van der Waals surface area contributed by atoms with Crippen LogP contribution in [0.5, 0.6) is 0 Å². The van der Waals surface area contributed by atoms with Crippen LogP contribution < -0.4 is 5.32 Å². The number of thioether (sulfide) groups is 1. The molecule has 0 heterocycles. The lowest BCUT2D eigenvalue weighted by Gasteiger charge is -2.11. The van der Waals surface area contributed by atoms with E-state index in [9.17, 15) is 4.79 Å². The van der Waals surface area contributed by atoms with Gasteiger partial charge in [-0.2, -0.15) is 0 Å². The summed E-state index contributed by atoms with van der Waals surface area (Å²) in [6.07, 6.45) is 0. The van der Waals surface area contributed by atoms with Gasteiger partial charge in [-0.1, -0.05) is 41.9 Å². The number of hydrogen-bond acceptors (Lipinski definition) is 2. The first-order valence-corrected chi connectivity index (χ1v) is 8.69. The van der Waals surface area contributed by atoms with E-state index in [4.69, 9.17) is 11.6 Å². The lowest BCUT2D eigenvalue weighted by Crippen LogP contribution is -2.15. The number of carbonyl (C=O) groups is 1. The third-order valence-corrected chi connectivity index (χ3v) is 4.73. The van der Waals surface area contributed by atoms with Crippen LogP contribution >= 0.6 is 23.4 Å². The molecule has 1 amide bonds. The lowest BCUT2D eigenvalue weighted by molar-refractivity contribution is -0.113. The maximum Gasteiger partial charge on any atom is 0.234 e. The second-order valence-electron chi connectivity index (χ2n) is 5.41. The van der Waals surface area contributed by atoms with Crippen LogP contribution in [0.15, 0.2) is 36.4 Å². The van der Waals surface area contributed by atoms with Gasteiger partial charge in [-0.25, -0.2) is 0 Å². The Morgan fingerprint density at radius 1 is 1.14 bits per heavy atom. The number of aryl methyl sites for hydroxylation is 3. The number of benzene rings is 2. The van der Waals surface area contributed by atoms with Gasteiger partial charge in [0.2, 0.25) is 5.91 Å². The van der Waals surface area contributed by atoms with E-state index < -0.39 is 0 Å². The Balaban J connectivity index is 1.90. The summed E-state index contributed by atoms with van der Waals surface area (Å²) >= 11 is 7.82. The van der Waals surface area contributed by atoms with Crippen LogP contribution in [0.1, 0.15) is 22.3 Å². The Morgan fingerprint density at radius 3 is 2.55 bits per heavy atom. The first kappa shape index (κ1) is 16.9. The van der Waals surface area contributed by atoms with E-state index in [1.165, 1.54) is 11.1 Å². The predicted molar refractivity (Wildman–Crippen MR) is 96.9 cm³/mol. The molecule has 2 nitrogen and oxygen atoms in total. The molecular weight excluding hydrogens is 314 g/mol. The minimum atomic E-state index is -0.0209. The summed E-state index contributed by atoms with van der Waals surface area (Å²) in [6, 6.07) is 12.1. The Hall–Kier alpha value is -1.45. The molecular formula is C18H20ClNOS. The van der Waals surface area contributed by atoms with Gasteiger partial charge in [-0.3, -0.25) is 4.79 Å². The van der Waals surface area contributed by atoms with Gasteiger partial charge < -0.3 is 5.32 Å². The van der Waals surface area contributed by atoms with Gasteiger partial charge in [0.05, 0.1) is 16.5 Å². The maximum absolute atomic E-state index is 12.1. The molecule has 1 N–H and O–H groups in total. The summed E-state index contributed by atoms with van der Waals surface area (Å²) in [5, 5.41) is 3.51. The first-order chi connectivity index (χ1) is 10.5. The van der Waals surface area contributed by atoms with Crippen LogP contribution in [0.3, 0.4) is 0 Å². The highest BCUT2D eigenvalue weighted by molar-refractivity contribution is 7.99. The fourth-order valence-electron chi connectivity index (χ4n) is 2.28. The molecule has 0 aliphatic heterocycles. The van der Waals surface area contributed by atoms with Crippen LogP contribution in [0.25, 0.3) is 0 Å². The van der Waals surface area contributed by atoms with E-state index in [2.05, 4.69) is 24.4 Å².